The first-order valence-corrected chi connectivity index (χ1v) is 11.7. The lowest BCUT2D eigenvalue weighted by atomic mass is 10.1. The van der Waals surface area contributed by atoms with Gasteiger partial charge in [-0.3, -0.25) is 4.90 Å². The van der Waals surface area contributed by atoms with E-state index in [0.29, 0.717) is 24.9 Å². The maximum absolute atomic E-state index is 5.94. The number of benzene rings is 1. The van der Waals surface area contributed by atoms with E-state index in [4.69, 9.17) is 15.3 Å². The van der Waals surface area contributed by atoms with Crippen LogP contribution in [0.2, 0.25) is 0 Å². The fourth-order valence-corrected chi connectivity index (χ4v) is 4.08. The van der Waals surface area contributed by atoms with Crippen molar-refractivity contribution in [2.45, 2.75) is 33.0 Å². The number of nitrogen functional groups attached to an aromatic ring is 1. The van der Waals surface area contributed by atoms with Crippen molar-refractivity contribution in [1.29, 1.82) is 0 Å². The zero-order valence-corrected chi connectivity index (χ0v) is 20.8. The number of oxime groups is 1. The molecular formula is C25H34N8O2. The Kier molecular flexibility index (Phi) is 7.84. The number of likely N-dealkylation sites (N-methyl/N-ethyl adjacent to an activating group) is 1. The summed E-state index contributed by atoms with van der Waals surface area (Å²) >= 11 is 0. The van der Waals surface area contributed by atoms with Gasteiger partial charge in [0.05, 0.1) is 31.9 Å². The number of allylic oxidation sites excluding steroid dienone is 1. The number of nitrogens with zero attached hydrogens (tertiary/aromatic N) is 5. The van der Waals surface area contributed by atoms with E-state index in [1.54, 1.807) is 19.6 Å². The Morgan fingerprint density at radius 1 is 1.23 bits per heavy atom. The zero-order chi connectivity index (χ0) is 24.8. The molecule has 10 nitrogen and oxygen atoms in total. The summed E-state index contributed by atoms with van der Waals surface area (Å²) < 4.78 is 7.84. The largest absolute Gasteiger partial charge is 0.496 e. The molecule has 1 saturated heterocycles. The highest BCUT2D eigenvalue weighted by Gasteiger charge is 2.25. The van der Waals surface area contributed by atoms with E-state index in [1.165, 1.54) is 5.56 Å². The Balaban J connectivity index is 1.50. The van der Waals surface area contributed by atoms with Gasteiger partial charge in [0, 0.05) is 37.4 Å². The average molecular weight is 479 g/mol. The second kappa shape index (κ2) is 11.2. The Labute approximate surface area is 205 Å². The van der Waals surface area contributed by atoms with Gasteiger partial charge >= 0.3 is 0 Å². The zero-order valence-electron chi connectivity index (χ0n) is 20.8. The molecule has 0 aliphatic carbocycles. The molecule has 35 heavy (non-hydrogen) atoms. The first kappa shape index (κ1) is 24.5. The second-order valence-corrected chi connectivity index (χ2v) is 8.90. The molecule has 0 amide bonds. The number of hydrogen-bond acceptors (Lipinski definition) is 9. The predicted molar refractivity (Wildman–Crippen MR) is 140 cm³/mol. The normalized spacial score (nSPS) is 14.3. The molecule has 186 valence electrons. The first-order chi connectivity index (χ1) is 17.0. The van der Waals surface area contributed by atoms with Crippen molar-refractivity contribution in [2.24, 2.45) is 5.16 Å². The number of hydrogen-bond donors (Lipinski definition) is 3. The van der Waals surface area contributed by atoms with Gasteiger partial charge in [-0.25, -0.2) is 4.98 Å². The molecule has 0 unspecified atom stereocenters. The van der Waals surface area contributed by atoms with Gasteiger partial charge in [-0.05, 0) is 44.2 Å². The van der Waals surface area contributed by atoms with Crippen LogP contribution in [0.5, 0.6) is 5.75 Å². The van der Waals surface area contributed by atoms with Gasteiger partial charge in [0.2, 0.25) is 5.95 Å². The predicted octanol–water partition coefficient (Wildman–Crippen LogP) is 2.81. The highest BCUT2D eigenvalue weighted by Crippen LogP contribution is 2.27. The molecule has 2 aromatic heterocycles. The third kappa shape index (κ3) is 6.09. The summed E-state index contributed by atoms with van der Waals surface area (Å²) in [5.74, 6) is 1.71. The van der Waals surface area contributed by atoms with Crippen LogP contribution in [0.3, 0.4) is 0 Å². The van der Waals surface area contributed by atoms with Gasteiger partial charge in [-0.2, -0.15) is 4.98 Å². The second-order valence-electron chi connectivity index (χ2n) is 8.90. The maximum Gasteiger partial charge on any atom is 0.222 e. The van der Waals surface area contributed by atoms with Crippen molar-refractivity contribution in [3.63, 3.8) is 0 Å². The number of anilines is 2. The van der Waals surface area contributed by atoms with Gasteiger partial charge < -0.3 is 30.5 Å². The molecule has 4 N–H and O–H groups in total. The van der Waals surface area contributed by atoms with E-state index in [-0.39, 0.29) is 5.95 Å². The number of aromatic nitrogens is 3. The van der Waals surface area contributed by atoms with E-state index >= 15 is 0 Å². The van der Waals surface area contributed by atoms with Crippen LogP contribution in [0.4, 0.5) is 11.8 Å². The average Bonchev–Trinajstić information content (AvgIpc) is 3.21. The molecule has 4 rings (SSSR count). The quantitative estimate of drug-likeness (QED) is 0.219. The summed E-state index contributed by atoms with van der Waals surface area (Å²) in [4.78, 5) is 16.3. The van der Waals surface area contributed by atoms with Gasteiger partial charge in [0.25, 0.3) is 0 Å². The highest BCUT2D eigenvalue weighted by molar-refractivity contribution is 5.88. The number of ether oxygens (including phenoxy) is 1. The molecule has 0 atom stereocenters. The molecule has 3 aromatic rings. The van der Waals surface area contributed by atoms with Crippen LogP contribution in [0.15, 0.2) is 47.5 Å². The van der Waals surface area contributed by atoms with Crippen LogP contribution in [-0.4, -0.2) is 65.5 Å². The van der Waals surface area contributed by atoms with Crippen LogP contribution in [0.25, 0.3) is 11.0 Å². The summed E-state index contributed by atoms with van der Waals surface area (Å²) in [6.45, 7) is 7.98. The molecule has 1 aliphatic rings. The number of methoxy groups -OCH3 is 1. The minimum Gasteiger partial charge on any atom is -0.496 e. The van der Waals surface area contributed by atoms with Gasteiger partial charge in [0.15, 0.2) is 5.82 Å². The molecule has 1 fully saturated rings. The fourth-order valence-electron chi connectivity index (χ4n) is 4.08. The van der Waals surface area contributed by atoms with Crippen molar-refractivity contribution in [3.8, 4) is 5.75 Å². The number of rotatable bonds is 11. The SMILES string of the molecule is CNC1CN(Cc2ccc(Cn3ccc4nc(N)nc(NC/C=N/OC=C(C)C)c43)c(OC)c2)C1. The summed E-state index contributed by atoms with van der Waals surface area (Å²) in [6.07, 6.45) is 5.21. The molecule has 0 radical (unpaired) electrons. The summed E-state index contributed by atoms with van der Waals surface area (Å²) in [6, 6.07) is 8.96. The van der Waals surface area contributed by atoms with Crippen LogP contribution in [-0.2, 0) is 17.9 Å². The smallest absolute Gasteiger partial charge is 0.222 e. The van der Waals surface area contributed by atoms with E-state index in [0.717, 1.165) is 47.6 Å². The monoisotopic (exact) mass is 478 g/mol. The van der Waals surface area contributed by atoms with Crippen molar-refractivity contribution >= 4 is 29.0 Å². The number of likely N-dealkylation sites (tertiary alicyclic amines) is 1. The lowest BCUT2D eigenvalue weighted by Crippen LogP contribution is -2.56. The molecule has 10 heteroatoms. The number of fused-ring (bicyclic) bond motifs is 1. The Morgan fingerprint density at radius 2 is 2.06 bits per heavy atom. The Bertz CT molecular complexity index is 1210. The lowest BCUT2D eigenvalue weighted by molar-refractivity contribution is 0.124. The van der Waals surface area contributed by atoms with E-state index in [1.807, 2.05) is 33.2 Å². The topological polar surface area (TPSA) is 115 Å². The van der Waals surface area contributed by atoms with Crippen molar-refractivity contribution in [3.05, 3.63) is 53.4 Å². The number of nitrogens with two attached hydrogens (primary N) is 1. The molecule has 3 heterocycles. The molecule has 0 spiro atoms. The summed E-state index contributed by atoms with van der Waals surface area (Å²) in [5.41, 5.74) is 10.9. The van der Waals surface area contributed by atoms with Crippen LogP contribution < -0.4 is 21.1 Å². The first-order valence-electron chi connectivity index (χ1n) is 11.7. The molecule has 1 aliphatic heterocycles. The van der Waals surface area contributed by atoms with Gasteiger partial charge in [-0.15, -0.1) is 0 Å². The highest BCUT2D eigenvalue weighted by atomic mass is 16.6. The van der Waals surface area contributed by atoms with Crippen LogP contribution in [0.1, 0.15) is 25.0 Å². The van der Waals surface area contributed by atoms with E-state index in [2.05, 4.69) is 53.4 Å². The van der Waals surface area contributed by atoms with Gasteiger partial charge in [0.1, 0.15) is 17.5 Å². The minimum atomic E-state index is 0.212. The Hall–Kier alpha value is -3.63. The molecular weight excluding hydrogens is 444 g/mol. The van der Waals surface area contributed by atoms with E-state index < -0.39 is 0 Å². The van der Waals surface area contributed by atoms with Crippen molar-refractivity contribution in [1.82, 2.24) is 24.8 Å². The van der Waals surface area contributed by atoms with E-state index in [9.17, 15) is 0 Å². The van der Waals surface area contributed by atoms with Gasteiger partial charge in [-0.1, -0.05) is 17.3 Å². The molecule has 0 bridgehead atoms. The summed E-state index contributed by atoms with van der Waals surface area (Å²) in [7, 11) is 3.73. The molecule has 1 aromatic carbocycles. The third-order valence-electron chi connectivity index (χ3n) is 5.88. The van der Waals surface area contributed by atoms with Crippen LogP contribution in [0, 0.1) is 0 Å². The lowest BCUT2D eigenvalue weighted by Gasteiger charge is -2.39. The minimum absolute atomic E-state index is 0.212. The standard InChI is InChI=1S/C25H34N8O2/c1-17(2)16-35-29-9-8-28-24-23-21(30-25(26)31-24)7-10-33(23)13-19-6-5-18(11-22(19)34-4)12-32-14-20(15-32)27-3/h5-7,9-11,16,20,27H,8,12-15H2,1-4H3,(H3,26,28,30,31)/b29-9+. The maximum atomic E-state index is 5.94. The van der Waals surface area contributed by atoms with Crippen molar-refractivity contribution < 1.29 is 9.57 Å². The van der Waals surface area contributed by atoms with Crippen molar-refractivity contribution in [2.75, 3.05) is 44.8 Å². The summed E-state index contributed by atoms with van der Waals surface area (Å²) in [5, 5.41) is 10.5. The molecule has 0 saturated carbocycles. The fraction of sp³-hybridized carbons (Fsp3) is 0.400. The third-order valence-corrected chi connectivity index (χ3v) is 5.88. The van der Waals surface area contributed by atoms with Crippen LogP contribution >= 0.6 is 0 Å². The number of nitrogens with one attached hydrogen (secondary N) is 2. The Morgan fingerprint density at radius 3 is 2.80 bits per heavy atom.